The van der Waals surface area contributed by atoms with Gasteiger partial charge in [0, 0.05) is 22.8 Å². The predicted molar refractivity (Wildman–Crippen MR) is 134 cm³/mol. The average Bonchev–Trinajstić information content (AvgIpc) is 3.06. The van der Waals surface area contributed by atoms with Crippen LogP contribution in [0.15, 0.2) is 36.4 Å². The van der Waals surface area contributed by atoms with E-state index in [4.69, 9.17) is 21.1 Å². The minimum absolute atomic E-state index is 0.0348. The molecule has 1 aromatic carbocycles. The molecule has 4 aliphatic rings. The van der Waals surface area contributed by atoms with Gasteiger partial charge in [0.05, 0.1) is 11.7 Å². The smallest absolute Gasteiger partial charge is 0.338 e. The lowest BCUT2D eigenvalue weighted by molar-refractivity contribution is -0.232. The number of rotatable bonds is 4. The minimum atomic E-state index is -0.601. The maximum atomic E-state index is 13.1. The van der Waals surface area contributed by atoms with Gasteiger partial charge in [-0.25, -0.2) is 4.79 Å². The Hall–Kier alpha value is -1.85. The van der Waals surface area contributed by atoms with Crippen LogP contribution >= 0.6 is 11.6 Å². The molecule has 35 heavy (non-hydrogen) atoms. The van der Waals surface area contributed by atoms with Gasteiger partial charge >= 0.3 is 11.9 Å². The summed E-state index contributed by atoms with van der Waals surface area (Å²) in [5, 5.41) is 12.2. The van der Waals surface area contributed by atoms with Crippen molar-refractivity contribution in [2.24, 2.45) is 34.0 Å². The first-order chi connectivity index (χ1) is 16.5. The number of halogens is 1. The van der Waals surface area contributed by atoms with Crippen LogP contribution in [0.5, 0.6) is 0 Å². The second-order valence-corrected chi connectivity index (χ2v) is 12.6. The molecule has 4 fully saturated rings. The van der Waals surface area contributed by atoms with Gasteiger partial charge in [-0.1, -0.05) is 37.6 Å². The summed E-state index contributed by atoms with van der Waals surface area (Å²) < 4.78 is 11.8. The van der Waals surface area contributed by atoms with E-state index in [1.54, 1.807) is 24.3 Å². The molecule has 190 valence electrons. The zero-order chi connectivity index (χ0) is 25.2. The molecule has 0 aliphatic heterocycles. The summed E-state index contributed by atoms with van der Waals surface area (Å²) in [7, 11) is 0. The van der Waals surface area contributed by atoms with Crippen LogP contribution in [-0.4, -0.2) is 35.9 Å². The molecular weight excluding hydrogens is 464 g/mol. The van der Waals surface area contributed by atoms with Gasteiger partial charge < -0.3 is 14.6 Å². The van der Waals surface area contributed by atoms with E-state index in [1.165, 1.54) is 12.5 Å². The standard InChI is InChI=1S/C29H37ClO5/c1-17-14-29-15-20(17)7-10-22(29)27(3)12-11-25(35-26(33)19-5-8-21(30)9-6-19)28(4,16-34-18(2)31)23(27)13-24(29)32/h5-6,8-9,20,22-25,32H,1,7,10-16H2,2-4H3/t20-,22+,23?,24+,25-,27+,28-,29+/m1/s1. The van der Waals surface area contributed by atoms with Crippen LogP contribution in [0.4, 0.5) is 0 Å². The Kier molecular flexibility index (Phi) is 6.12. The fourth-order valence-corrected chi connectivity index (χ4v) is 8.83. The van der Waals surface area contributed by atoms with Crippen molar-refractivity contribution in [1.82, 2.24) is 0 Å². The summed E-state index contributed by atoms with van der Waals surface area (Å²) in [6, 6.07) is 6.69. The summed E-state index contributed by atoms with van der Waals surface area (Å²) in [5.74, 6) is 0.225. The van der Waals surface area contributed by atoms with Crippen LogP contribution in [0.25, 0.3) is 0 Å². The van der Waals surface area contributed by atoms with Crippen molar-refractivity contribution in [2.75, 3.05) is 6.61 Å². The van der Waals surface area contributed by atoms with Crippen molar-refractivity contribution in [2.45, 2.75) is 77.9 Å². The van der Waals surface area contributed by atoms with Crippen molar-refractivity contribution >= 4 is 23.5 Å². The molecule has 4 saturated carbocycles. The third kappa shape index (κ3) is 3.85. The molecule has 5 nitrogen and oxygen atoms in total. The topological polar surface area (TPSA) is 72.8 Å². The molecule has 0 amide bonds. The van der Waals surface area contributed by atoms with E-state index in [0.29, 0.717) is 35.3 Å². The molecule has 2 bridgehead atoms. The molecule has 5 rings (SSSR count). The molecule has 0 aromatic heterocycles. The number of hydrogen-bond acceptors (Lipinski definition) is 5. The van der Waals surface area contributed by atoms with Crippen LogP contribution in [0.2, 0.25) is 5.02 Å². The van der Waals surface area contributed by atoms with Gasteiger partial charge in [0.1, 0.15) is 12.7 Å². The molecule has 1 spiro atoms. The fourth-order valence-electron chi connectivity index (χ4n) is 8.71. The van der Waals surface area contributed by atoms with Crippen molar-refractivity contribution in [1.29, 1.82) is 0 Å². The number of benzene rings is 1. The van der Waals surface area contributed by atoms with Crippen molar-refractivity contribution in [3.05, 3.63) is 47.0 Å². The normalized spacial score (nSPS) is 42.1. The van der Waals surface area contributed by atoms with Crippen molar-refractivity contribution in [3.63, 3.8) is 0 Å². The first-order valence-electron chi connectivity index (χ1n) is 13.0. The van der Waals surface area contributed by atoms with Crippen molar-refractivity contribution < 1.29 is 24.2 Å². The second-order valence-electron chi connectivity index (χ2n) is 12.1. The van der Waals surface area contributed by atoms with E-state index in [9.17, 15) is 14.7 Å². The van der Waals surface area contributed by atoms with E-state index in [2.05, 4.69) is 20.4 Å². The van der Waals surface area contributed by atoms with E-state index in [0.717, 1.165) is 32.1 Å². The highest BCUT2D eigenvalue weighted by Crippen LogP contribution is 2.72. The number of allylic oxidation sites excluding steroid dienone is 1. The van der Waals surface area contributed by atoms with Crippen LogP contribution in [-0.2, 0) is 14.3 Å². The van der Waals surface area contributed by atoms with Crippen molar-refractivity contribution in [3.8, 4) is 0 Å². The summed E-state index contributed by atoms with van der Waals surface area (Å²) in [6.45, 7) is 10.4. The van der Waals surface area contributed by atoms with Crippen LogP contribution < -0.4 is 0 Å². The molecule has 0 saturated heterocycles. The van der Waals surface area contributed by atoms with E-state index in [1.807, 2.05) is 0 Å². The Morgan fingerprint density at radius 1 is 1.14 bits per heavy atom. The van der Waals surface area contributed by atoms with Gasteiger partial charge in [-0.2, -0.15) is 0 Å². The summed E-state index contributed by atoms with van der Waals surface area (Å²) in [5.41, 5.74) is 1.02. The number of ether oxygens (including phenoxy) is 2. The molecule has 1 aromatic rings. The van der Waals surface area contributed by atoms with Crippen LogP contribution in [0, 0.1) is 34.0 Å². The number of aliphatic hydroxyl groups excluding tert-OH is 1. The number of carbonyl (C=O) groups excluding carboxylic acids is 2. The lowest BCUT2D eigenvalue weighted by Crippen LogP contribution is -2.65. The lowest BCUT2D eigenvalue weighted by atomic mass is 9.40. The van der Waals surface area contributed by atoms with Gasteiger partial charge in [0.2, 0.25) is 0 Å². The SMILES string of the molecule is C=C1C[C@]23C[C@H]1CC[C@H]2[C@]1(C)CC[C@@H](OC(=O)c2ccc(Cl)cc2)[C@](C)(COC(C)=O)C1C[C@@H]3O. The molecule has 8 atom stereocenters. The number of esters is 2. The first kappa shape index (κ1) is 24.8. The zero-order valence-electron chi connectivity index (χ0n) is 21.0. The molecule has 1 unspecified atom stereocenters. The molecule has 4 aliphatic carbocycles. The number of aliphatic hydroxyl groups is 1. The Morgan fingerprint density at radius 2 is 1.86 bits per heavy atom. The fraction of sp³-hybridized carbons (Fsp3) is 0.655. The molecular formula is C29H37ClO5. The highest BCUT2D eigenvalue weighted by atomic mass is 35.5. The highest BCUT2D eigenvalue weighted by Gasteiger charge is 2.68. The van der Waals surface area contributed by atoms with E-state index < -0.39 is 23.6 Å². The minimum Gasteiger partial charge on any atom is -0.465 e. The van der Waals surface area contributed by atoms with Crippen LogP contribution in [0.1, 0.15) is 76.1 Å². The van der Waals surface area contributed by atoms with Gasteiger partial charge in [-0.05, 0) is 92.4 Å². The maximum Gasteiger partial charge on any atom is 0.338 e. The number of fused-ring (bicyclic) bond motifs is 3. The summed E-state index contributed by atoms with van der Waals surface area (Å²) in [6.07, 6.45) is 5.58. The Labute approximate surface area is 213 Å². The number of carbonyl (C=O) groups is 2. The third-order valence-electron chi connectivity index (χ3n) is 10.4. The molecule has 6 heteroatoms. The zero-order valence-corrected chi connectivity index (χ0v) is 21.8. The Morgan fingerprint density at radius 3 is 2.54 bits per heavy atom. The largest absolute Gasteiger partial charge is 0.465 e. The maximum absolute atomic E-state index is 13.1. The van der Waals surface area contributed by atoms with E-state index in [-0.39, 0.29) is 29.3 Å². The molecule has 0 heterocycles. The first-order valence-corrected chi connectivity index (χ1v) is 13.3. The molecule has 0 radical (unpaired) electrons. The highest BCUT2D eigenvalue weighted by molar-refractivity contribution is 6.30. The van der Waals surface area contributed by atoms with Crippen LogP contribution in [0.3, 0.4) is 0 Å². The average molecular weight is 501 g/mol. The second kappa shape index (κ2) is 8.62. The monoisotopic (exact) mass is 500 g/mol. The van der Waals surface area contributed by atoms with Gasteiger partial charge in [-0.3, -0.25) is 4.79 Å². The van der Waals surface area contributed by atoms with Gasteiger partial charge in [0.25, 0.3) is 0 Å². The Balaban J connectivity index is 1.48. The van der Waals surface area contributed by atoms with Gasteiger partial charge in [0.15, 0.2) is 0 Å². The van der Waals surface area contributed by atoms with E-state index >= 15 is 0 Å². The molecule has 1 N–H and O–H groups in total. The third-order valence-corrected chi connectivity index (χ3v) is 10.6. The summed E-state index contributed by atoms with van der Waals surface area (Å²) >= 11 is 5.99. The number of hydrogen-bond donors (Lipinski definition) is 1. The van der Waals surface area contributed by atoms with Gasteiger partial charge in [-0.15, -0.1) is 0 Å². The summed E-state index contributed by atoms with van der Waals surface area (Å²) in [4.78, 5) is 25.0. The predicted octanol–water partition coefficient (Wildman–Crippen LogP) is 5.98. The Bertz CT molecular complexity index is 1040. The quantitative estimate of drug-likeness (QED) is 0.406. The lowest BCUT2D eigenvalue weighted by Gasteiger charge is -2.66.